The average molecular weight is 189 g/mol. The number of carboxylic acids is 1. The Morgan fingerprint density at radius 3 is 2.86 bits per heavy atom. The first kappa shape index (κ1) is 9.74. The SMILES string of the molecule is N#CC(N)=Nc1cccc(C(=O)O)c1. The Hall–Kier alpha value is -2.35. The molecule has 0 radical (unpaired) electrons. The smallest absolute Gasteiger partial charge is 0.335 e. The summed E-state index contributed by atoms with van der Waals surface area (Å²) in [4.78, 5) is 14.3. The lowest BCUT2D eigenvalue weighted by Gasteiger charge is -1.96. The summed E-state index contributed by atoms with van der Waals surface area (Å²) in [5.41, 5.74) is 5.63. The highest BCUT2D eigenvalue weighted by Gasteiger charge is 2.02. The van der Waals surface area contributed by atoms with Crippen molar-refractivity contribution in [2.45, 2.75) is 0 Å². The topological polar surface area (TPSA) is 99.5 Å². The predicted molar refractivity (Wildman–Crippen MR) is 50.3 cm³/mol. The fourth-order valence-corrected chi connectivity index (χ4v) is 0.873. The minimum absolute atomic E-state index is 0.108. The van der Waals surface area contributed by atoms with Crippen LogP contribution in [0.5, 0.6) is 0 Å². The minimum Gasteiger partial charge on any atom is -0.478 e. The molecule has 0 aromatic heterocycles. The molecule has 5 heteroatoms. The van der Waals surface area contributed by atoms with Crippen LogP contribution in [0.15, 0.2) is 29.3 Å². The van der Waals surface area contributed by atoms with E-state index in [1.54, 1.807) is 12.1 Å². The summed E-state index contributed by atoms with van der Waals surface area (Å²) < 4.78 is 0. The lowest BCUT2D eigenvalue weighted by Crippen LogP contribution is -2.06. The van der Waals surface area contributed by atoms with Gasteiger partial charge in [0.2, 0.25) is 5.84 Å². The molecule has 0 aliphatic rings. The number of aliphatic imine (C=N–C) groups is 1. The fourth-order valence-electron chi connectivity index (χ4n) is 0.873. The molecule has 1 rings (SSSR count). The zero-order valence-corrected chi connectivity index (χ0v) is 7.14. The van der Waals surface area contributed by atoms with Crippen molar-refractivity contribution in [3.8, 4) is 6.07 Å². The first-order chi connectivity index (χ1) is 6.63. The van der Waals surface area contributed by atoms with Crippen LogP contribution in [0.2, 0.25) is 0 Å². The van der Waals surface area contributed by atoms with Crippen LogP contribution in [0.3, 0.4) is 0 Å². The quantitative estimate of drug-likeness (QED) is 0.533. The van der Waals surface area contributed by atoms with Gasteiger partial charge >= 0.3 is 5.97 Å². The van der Waals surface area contributed by atoms with E-state index in [0.29, 0.717) is 5.69 Å². The van der Waals surface area contributed by atoms with E-state index >= 15 is 0 Å². The number of rotatable bonds is 2. The standard InChI is InChI=1S/C9H7N3O2/c10-5-8(11)12-7-3-1-2-6(4-7)9(13)14/h1-4H,(H2,11,12)(H,13,14). The molecule has 0 aliphatic heterocycles. The van der Waals surface area contributed by atoms with Crippen molar-refractivity contribution in [1.82, 2.24) is 0 Å². The highest BCUT2D eigenvalue weighted by molar-refractivity contribution is 5.97. The van der Waals surface area contributed by atoms with Gasteiger partial charge in [-0.2, -0.15) is 5.26 Å². The van der Waals surface area contributed by atoms with Crippen molar-refractivity contribution < 1.29 is 9.90 Å². The third-order valence-corrected chi connectivity index (χ3v) is 1.46. The summed E-state index contributed by atoms with van der Waals surface area (Å²) in [6.07, 6.45) is 0. The molecule has 0 heterocycles. The Labute approximate surface area is 80.1 Å². The number of nitriles is 1. The lowest BCUT2D eigenvalue weighted by atomic mass is 10.2. The lowest BCUT2D eigenvalue weighted by molar-refractivity contribution is 0.0697. The van der Waals surface area contributed by atoms with Crippen LogP contribution in [0.1, 0.15) is 10.4 Å². The van der Waals surface area contributed by atoms with Gasteiger partial charge in [0.15, 0.2) is 0 Å². The van der Waals surface area contributed by atoms with E-state index in [-0.39, 0.29) is 11.4 Å². The Morgan fingerprint density at radius 2 is 2.29 bits per heavy atom. The number of aromatic carboxylic acids is 1. The number of amidine groups is 1. The molecule has 14 heavy (non-hydrogen) atoms. The molecule has 0 aliphatic carbocycles. The molecule has 0 spiro atoms. The van der Waals surface area contributed by atoms with Crippen molar-refractivity contribution in [1.29, 1.82) is 5.26 Å². The van der Waals surface area contributed by atoms with Crippen LogP contribution >= 0.6 is 0 Å². The Balaban J connectivity index is 3.08. The highest BCUT2D eigenvalue weighted by Crippen LogP contribution is 2.13. The average Bonchev–Trinajstić information content (AvgIpc) is 2.18. The van der Waals surface area contributed by atoms with Gasteiger partial charge in [0, 0.05) is 0 Å². The second-order valence-electron chi connectivity index (χ2n) is 2.46. The van der Waals surface area contributed by atoms with E-state index in [1.165, 1.54) is 18.2 Å². The highest BCUT2D eigenvalue weighted by atomic mass is 16.4. The molecule has 0 saturated heterocycles. The van der Waals surface area contributed by atoms with E-state index in [0.717, 1.165) is 0 Å². The summed E-state index contributed by atoms with van der Waals surface area (Å²) in [6, 6.07) is 7.52. The molecule has 1 aromatic carbocycles. The van der Waals surface area contributed by atoms with E-state index in [2.05, 4.69) is 4.99 Å². The van der Waals surface area contributed by atoms with Crippen LogP contribution in [0.4, 0.5) is 5.69 Å². The molecule has 5 nitrogen and oxygen atoms in total. The number of nitrogens with two attached hydrogens (primary N) is 1. The van der Waals surface area contributed by atoms with Crippen LogP contribution in [0.25, 0.3) is 0 Å². The molecule has 3 N–H and O–H groups in total. The summed E-state index contributed by atoms with van der Waals surface area (Å²) in [7, 11) is 0. The third-order valence-electron chi connectivity index (χ3n) is 1.46. The third kappa shape index (κ3) is 2.32. The van der Waals surface area contributed by atoms with Crippen molar-refractivity contribution in [3.05, 3.63) is 29.8 Å². The van der Waals surface area contributed by atoms with Gasteiger partial charge in [-0.25, -0.2) is 9.79 Å². The van der Waals surface area contributed by atoms with Crippen LogP contribution in [-0.4, -0.2) is 16.9 Å². The van der Waals surface area contributed by atoms with Crippen LogP contribution in [0, 0.1) is 11.3 Å². The number of carboxylic acid groups (broad SMARTS) is 1. The summed E-state index contributed by atoms with van der Waals surface area (Å²) in [6.45, 7) is 0. The summed E-state index contributed by atoms with van der Waals surface area (Å²) >= 11 is 0. The fraction of sp³-hybridized carbons (Fsp3) is 0. The van der Waals surface area contributed by atoms with Crippen molar-refractivity contribution in [3.63, 3.8) is 0 Å². The van der Waals surface area contributed by atoms with Gasteiger partial charge in [-0.05, 0) is 18.2 Å². The van der Waals surface area contributed by atoms with Gasteiger partial charge in [0.25, 0.3) is 0 Å². The molecular formula is C9H7N3O2. The van der Waals surface area contributed by atoms with Gasteiger partial charge < -0.3 is 10.8 Å². The van der Waals surface area contributed by atoms with Gasteiger partial charge in [0.05, 0.1) is 11.3 Å². The first-order valence-corrected chi connectivity index (χ1v) is 3.71. The number of nitrogens with zero attached hydrogens (tertiary/aromatic N) is 2. The second-order valence-corrected chi connectivity index (χ2v) is 2.46. The van der Waals surface area contributed by atoms with Crippen molar-refractivity contribution in [2.75, 3.05) is 0 Å². The molecule has 1 aromatic rings. The maximum absolute atomic E-state index is 10.6. The normalized spacial score (nSPS) is 10.6. The molecule has 0 amide bonds. The Bertz CT molecular complexity index is 432. The van der Waals surface area contributed by atoms with Gasteiger partial charge in [-0.15, -0.1) is 0 Å². The number of hydrogen-bond donors (Lipinski definition) is 2. The molecular weight excluding hydrogens is 182 g/mol. The molecule has 0 unspecified atom stereocenters. The maximum Gasteiger partial charge on any atom is 0.335 e. The summed E-state index contributed by atoms with van der Waals surface area (Å²) in [5.74, 6) is -1.25. The minimum atomic E-state index is -1.04. The Kier molecular flexibility index (Phi) is 2.82. The molecule has 0 atom stereocenters. The number of carbonyl (C=O) groups is 1. The first-order valence-electron chi connectivity index (χ1n) is 3.71. The van der Waals surface area contributed by atoms with Gasteiger partial charge in [-0.1, -0.05) is 6.07 Å². The van der Waals surface area contributed by atoms with E-state index in [1.807, 2.05) is 0 Å². The van der Waals surface area contributed by atoms with Crippen molar-refractivity contribution in [2.24, 2.45) is 10.7 Å². The molecule has 0 saturated carbocycles. The van der Waals surface area contributed by atoms with Crippen molar-refractivity contribution >= 4 is 17.5 Å². The summed E-state index contributed by atoms with van der Waals surface area (Å²) in [5, 5.41) is 17.0. The van der Waals surface area contributed by atoms with Crippen LogP contribution in [-0.2, 0) is 0 Å². The van der Waals surface area contributed by atoms with Crippen LogP contribution < -0.4 is 5.73 Å². The van der Waals surface area contributed by atoms with Gasteiger partial charge in [0.1, 0.15) is 6.07 Å². The molecule has 0 fully saturated rings. The number of hydrogen-bond acceptors (Lipinski definition) is 3. The zero-order valence-electron chi connectivity index (χ0n) is 7.14. The molecule has 0 bridgehead atoms. The zero-order chi connectivity index (χ0) is 10.6. The molecule has 70 valence electrons. The maximum atomic E-state index is 10.6. The number of benzene rings is 1. The van der Waals surface area contributed by atoms with E-state index in [4.69, 9.17) is 16.1 Å². The Morgan fingerprint density at radius 1 is 1.57 bits per heavy atom. The monoisotopic (exact) mass is 189 g/mol. The van der Waals surface area contributed by atoms with E-state index in [9.17, 15) is 4.79 Å². The van der Waals surface area contributed by atoms with Gasteiger partial charge in [-0.3, -0.25) is 0 Å². The largest absolute Gasteiger partial charge is 0.478 e. The predicted octanol–water partition coefficient (Wildman–Crippen LogP) is 0.897. The van der Waals surface area contributed by atoms with E-state index < -0.39 is 5.97 Å². The second kappa shape index (κ2) is 4.05.